The molecular weight excluding hydrogens is 360 g/mol. The molecule has 152 valence electrons. The molecule has 29 heavy (non-hydrogen) atoms. The predicted molar refractivity (Wildman–Crippen MR) is 115 cm³/mol. The molecule has 2 amide bonds. The lowest BCUT2D eigenvalue weighted by molar-refractivity contribution is -0.139. The van der Waals surface area contributed by atoms with Crippen molar-refractivity contribution in [3.8, 4) is 0 Å². The summed E-state index contributed by atoms with van der Waals surface area (Å²) in [6, 6.07) is 16.8. The molecular formula is C25H30N2O2. The van der Waals surface area contributed by atoms with E-state index in [1.165, 1.54) is 29.5 Å². The highest BCUT2D eigenvalue weighted by atomic mass is 16.2. The summed E-state index contributed by atoms with van der Waals surface area (Å²) in [6.07, 6.45) is 6.41. The number of carbonyl (C=O) groups is 2. The summed E-state index contributed by atoms with van der Waals surface area (Å²) in [5.41, 5.74) is 5.26. The van der Waals surface area contributed by atoms with Crippen molar-refractivity contribution >= 4 is 11.8 Å². The van der Waals surface area contributed by atoms with E-state index in [0.717, 1.165) is 24.8 Å². The zero-order chi connectivity index (χ0) is 20.1. The van der Waals surface area contributed by atoms with Gasteiger partial charge in [-0.3, -0.25) is 9.59 Å². The number of rotatable bonds is 6. The van der Waals surface area contributed by atoms with E-state index in [1.54, 1.807) is 0 Å². The number of nitrogens with zero attached hydrogens (tertiary/aromatic N) is 2. The van der Waals surface area contributed by atoms with E-state index in [1.807, 2.05) is 28.0 Å². The lowest BCUT2D eigenvalue weighted by atomic mass is 10.0. The van der Waals surface area contributed by atoms with Crippen LogP contribution < -0.4 is 0 Å². The number of fused-ring (bicyclic) bond motifs is 1. The smallest absolute Gasteiger partial charge is 0.227 e. The molecule has 1 heterocycles. The Balaban J connectivity index is 1.20. The zero-order valence-electron chi connectivity index (χ0n) is 17.1. The van der Waals surface area contributed by atoms with E-state index in [2.05, 4.69) is 30.3 Å². The molecule has 0 unspecified atom stereocenters. The zero-order valence-corrected chi connectivity index (χ0v) is 17.1. The molecule has 0 aromatic heterocycles. The van der Waals surface area contributed by atoms with Crippen LogP contribution in [0.5, 0.6) is 0 Å². The Morgan fingerprint density at radius 1 is 0.759 bits per heavy atom. The third-order valence-corrected chi connectivity index (χ3v) is 6.20. The van der Waals surface area contributed by atoms with Crippen LogP contribution in [0.1, 0.15) is 41.5 Å². The maximum atomic E-state index is 12.7. The van der Waals surface area contributed by atoms with Gasteiger partial charge in [0.05, 0.1) is 6.42 Å². The van der Waals surface area contributed by atoms with E-state index < -0.39 is 0 Å². The molecule has 0 atom stereocenters. The van der Waals surface area contributed by atoms with Crippen LogP contribution in [0.4, 0.5) is 0 Å². The summed E-state index contributed by atoms with van der Waals surface area (Å²) in [5.74, 6) is 0.394. The Morgan fingerprint density at radius 3 is 2.21 bits per heavy atom. The molecule has 1 aliphatic heterocycles. The van der Waals surface area contributed by atoms with Gasteiger partial charge >= 0.3 is 0 Å². The second kappa shape index (κ2) is 9.25. The quantitative estimate of drug-likeness (QED) is 0.758. The van der Waals surface area contributed by atoms with E-state index in [-0.39, 0.29) is 11.8 Å². The first-order chi connectivity index (χ1) is 14.2. The molecule has 1 saturated heterocycles. The first-order valence-electron chi connectivity index (χ1n) is 10.9. The number of aryl methyl sites for hydroxylation is 3. The standard InChI is InChI=1S/C25H30N2O2/c28-24(11-4-8-20-6-2-1-3-7-20)26-14-16-27(17-15-26)25(29)19-21-12-13-22-9-5-10-23(22)18-21/h1-3,6-7,12-13,18H,4-5,8-11,14-17,19H2. The van der Waals surface area contributed by atoms with E-state index >= 15 is 0 Å². The summed E-state index contributed by atoms with van der Waals surface area (Å²) in [5, 5.41) is 0. The number of benzene rings is 2. The number of hydrogen-bond acceptors (Lipinski definition) is 2. The highest BCUT2D eigenvalue weighted by Crippen LogP contribution is 2.23. The second-order valence-corrected chi connectivity index (χ2v) is 8.23. The van der Waals surface area contributed by atoms with Crippen molar-refractivity contribution in [2.75, 3.05) is 26.2 Å². The predicted octanol–water partition coefficient (Wildman–Crippen LogP) is 3.41. The summed E-state index contributed by atoms with van der Waals surface area (Å²) < 4.78 is 0. The number of piperazine rings is 1. The van der Waals surface area contributed by atoms with Gasteiger partial charge in [-0.05, 0) is 54.4 Å². The van der Waals surface area contributed by atoms with Crippen molar-refractivity contribution in [2.24, 2.45) is 0 Å². The van der Waals surface area contributed by atoms with Crippen LogP contribution in [-0.2, 0) is 35.3 Å². The van der Waals surface area contributed by atoms with Crippen LogP contribution >= 0.6 is 0 Å². The van der Waals surface area contributed by atoms with Gasteiger partial charge in [-0.1, -0.05) is 48.5 Å². The van der Waals surface area contributed by atoms with Gasteiger partial charge in [-0.2, -0.15) is 0 Å². The van der Waals surface area contributed by atoms with Gasteiger partial charge in [0.25, 0.3) is 0 Å². The van der Waals surface area contributed by atoms with Gasteiger partial charge in [0, 0.05) is 32.6 Å². The van der Waals surface area contributed by atoms with Crippen molar-refractivity contribution in [1.82, 2.24) is 9.80 Å². The maximum Gasteiger partial charge on any atom is 0.227 e. The van der Waals surface area contributed by atoms with Gasteiger partial charge in [-0.15, -0.1) is 0 Å². The first kappa shape index (κ1) is 19.7. The topological polar surface area (TPSA) is 40.6 Å². The van der Waals surface area contributed by atoms with Crippen molar-refractivity contribution in [3.05, 3.63) is 70.8 Å². The minimum absolute atomic E-state index is 0.180. The van der Waals surface area contributed by atoms with Gasteiger partial charge in [-0.25, -0.2) is 0 Å². The molecule has 2 aromatic carbocycles. The highest BCUT2D eigenvalue weighted by molar-refractivity contribution is 5.80. The molecule has 1 fully saturated rings. The molecule has 4 heteroatoms. The summed E-state index contributed by atoms with van der Waals surface area (Å²) >= 11 is 0. The molecule has 4 nitrogen and oxygen atoms in total. The number of carbonyl (C=O) groups excluding carboxylic acids is 2. The average molecular weight is 391 g/mol. The van der Waals surface area contributed by atoms with Gasteiger partial charge in [0.15, 0.2) is 0 Å². The van der Waals surface area contributed by atoms with Crippen LogP contribution in [0.25, 0.3) is 0 Å². The highest BCUT2D eigenvalue weighted by Gasteiger charge is 2.24. The Hall–Kier alpha value is -2.62. The fourth-order valence-corrected chi connectivity index (χ4v) is 4.47. The van der Waals surface area contributed by atoms with Crippen LogP contribution in [0.2, 0.25) is 0 Å². The molecule has 0 spiro atoms. The van der Waals surface area contributed by atoms with Gasteiger partial charge < -0.3 is 9.80 Å². The lowest BCUT2D eigenvalue weighted by Gasteiger charge is -2.35. The maximum absolute atomic E-state index is 12.7. The van der Waals surface area contributed by atoms with Crippen molar-refractivity contribution in [3.63, 3.8) is 0 Å². The molecule has 2 aliphatic rings. The lowest BCUT2D eigenvalue weighted by Crippen LogP contribution is -2.51. The average Bonchev–Trinajstić information content (AvgIpc) is 3.22. The minimum Gasteiger partial charge on any atom is -0.339 e. The monoisotopic (exact) mass is 390 g/mol. The molecule has 1 aliphatic carbocycles. The van der Waals surface area contributed by atoms with Crippen molar-refractivity contribution < 1.29 is 9.59 Å². The molecule has 0 saturated carbocycles. The normalized spacial score (nSPS) is 16.0. The van der Waals surface area contributed by atoms with Crippen LogP contribution in [0.15, 0.2) is 48.5 Å². The minimum atomic E-state index is 0.180. The van der Waals surface area contributed by atoms with Crippen molar-refractivity contribution in [2.45, 2.75) is 44.9 Å². The Kier molecular flexibility index (Phi) is 6.28. The fourth-order valence-electron chi connectivity index (χ4n) is 4.47. The summed E-state index contributed by atoms with van der Waals surface area (Å²) in [6.45, 7) is 2.60. The number of amides is 2. The van der Waals surface area contributed by atoms with E-state index in [0.29, 0.717) is 39.0 Å². The van der Waals surface area contributed by atoms with Gasteiger partial charge in [0.1, 0.15) is 0 Å². The molecule has 0 bridgehead atoms. The Bertz CT molecular complexity index is 854. The number of hydrogen-bond donors (Lipinski definition) is 0. The molecule has 0 N–H and O–H groups in total. The Labute approximate surface area is 173 Å². The van der Waals surface area contributed by atoms with Crippen molar-refractivity contribution in [1.29, 1.82) is 0 Å². The third kappa shape index (κ3) is 5.06. The SMILES string of the molecule is O=C(CCCc1ccccc1)N1CCN(C(=O)Cc2ccc3c(c2)CCC3)CC1. The van der Waals surface area contributed by atoms with E-state index in [4.69, 9.17) is 0 Å². The Morgan fingerprint density at radius 2 is 1.45 bits per heavy atom. The summed E-state index contributed by atoms with van der Waals surface area (Å²) in [7, 11) is 0. The second-order valence-electron chi connectivity index (χ2n) is 8.23. The molecule has 2 aromatic rings. The largest absolute Gasteiger partial charge is 0.339 e. The van der Waals surface area contributed by atoms with Gasteiger partial charge in [0.2, 0.25) is 11.8 Å². The first-order valence-corrected chi connectivity index (χ1v) is 10.9. The summed E-state index contributed by atoms with van der Waals surface area (Å²) in [4.78, 5) is 29.0. The van der Waals surface area contributed by atoms with E-state index in [9.17, 15) is 9.59 Å². The van der Waals surface area contributed by atoms with Crippen LogP contribution in [0, 0.1) is 0 Å². The fraction of sp³-hybridized carbons (Fsp3) is 0.440. The molecule has 0 radical (unpaired) electrons. The van der Waals surface area contributed by atoms with Crippen LogP contribution in [-0.4, -0.2) is 47.8 Å². The van der Waals surface area contributed by atoms with Crippen LogP contribution in [0.3, 0.4) is 0 Å². The molecule has 4 rings (SSSR count). The third-order valence-electron chi connectivity index (χ3n) is 6.20.